The van der Waals surface area contributed by atoms with E-state index in [4.69, 9.17) is 21.1 Å². The first kappa shape index (κ1) is 13.2. The lowest BCUT2D eigenvalue weighted by atomic mass is 10.1. The normalized spacial score (nSPS) is 17.3. The van der Waals surface area contributed by atoms with E-state index in [1.807, 2.05) is 24.3 Å². The van der Waals surface area contributed by atoms with Gasteiger partial charge in [-0.15, -0.1) is 0 Å². The van der Waals surface area contributed by atoms with Gasteiger partial charge >= 0.3 is 0 Å². The summed E-state index contributed by atoms with van der Waals surface area (Å²) >= 11 is 6.07. The van der Waals surface area contributed by atoms with Crippen LogP contribution in [0, 0.1) is 0 Å². The van der Waals surface area contributed by atoms with Crippen molar-refractivity contribution in [2.24, 2.45) is 0 Å². The summed E-state index contributed by atoms with van der Waals surface area (Å²) in [6.45, 7) is 4.51. The van der Waals surface area contributed by atoms with Crippen molar-refractivity contribution in [3.63, 3.8) is 0 Å². The smallest absolute Gasteiger partial charge is 0.192 e. The zero-order valence-corrected chi connectivity index (χ0v) is 12.1. The van der Waals surface area contributed by atoms with Crippen LogP contribution in [0.15, 0.2) is 30.3 Å². The number of aromatic nitrogens is 2. The second kappa shape index (κ2) is 5.29. The number of para-hydroxylation sites is 2. The number of rotatable bonds is 2. The Balaban J connectivity index is 1.91. The van der Waals surface area contributed by atoms with E-state index in [1.165, 1.54) is 0 Å². The van der Waals surface area contributed by atoms with Gasteiger partial charge in [-0.25, -0.2) is 9.97 Å². The second-order valence-corrected chi connectivity index (χ2v) is 5.38. The van der Waals surface area contributed by atoms with E-state index in [0.717, 1.165) is 11.4 Å². The number of benzene rings is 1. The van der Waals surface area contributed by atoms with Gasteiger partial charge in [-0.3, -0.25) is 0 Å². The summed E-state index contributed by atoms with van der Waals surface area (Å²) in [6.07, 6.45) is -0.332. The maximum absolute atomic E-state index is 6.07. The SMILES string of the molecule is CC(C)c1cc(Cl)nc(C2COc3ccccc3O2)n1. The number of hydrogen-bond acceptors (Lipinski definition) is 4. The van der Waals surface area contributed by atoms with E-state index in [1.54, 1.807) is 6.07 Å². The fraction of sp³-hybridized carbons (Fsp3) is 0.333. The van der Waals surface area contributed by atoms with Gasteiger partial charge in [0, 0.05) is 5.69 Å². The van der Waals surface area contributed by atoms with Crippen molar-refractivity contribution < 1.29 is 9.47 Å². The number of nitrogens with zero attached hydrogens (tertiary/aromatic N) is 2. The molecule has 1 aliphatic rings. The van der Waals surface area contributed by atoms with E-state index >= 15 is 0 Å². The molecule has 0 fully saturated rings. The first-order chi connectivity index (χ1) is 9.63. The minimum atomic E-state index is -0.332. The largest absolute Gasteiger partial charge is 0.485 e. The summed E-state index contributed by atoms with van der Waals surface area (Å²) in [5.74, 6) is 2.30. The maximum atomic E-state index is 6.07. The third-order valence-corrected chi connectivity index (χ3v) is 3.31. The van der Waals surface area contributed by atoms with Crippen LogP contribution in [0.5, 0.6) is 11.5 Å². The molecule has 1 aromatic heterocycles. The molecule has 0 bridgehead atoms. The van der Waals surface area contributed by atoms with Gasteiger partial charge in [0.25, 0.3) is 0 Å². The fourth-order valence-electron chi connectivity index (χ4n) is 2.04. The Hall–Kier alpha value is -1.81. The number of ether oxygens (including phenoxy) is 2. The molecule has 0 amide bonds. The monoisotopic (exact) mass is 290 g/mol. The molecule has 1 unspecified atom stereocenters. The van der Waals surface area contributed by atoms with Crippen molar-refractivity contribution in [2.75, 3.05) is 6.61 Å². The average Bonchev–Trinajstić information content (AvgIpc) is 2.46. The molecule has 0 spiro atoms. The van der Waals surface area contributed by atoms with Gasteiger partial charge in [-0.1, -0.05) is 37.6 Å². The first-order valence-electron chi connectivity index (χ1n) is 6.56. The third-order valence-electron chi connectivity index (χ3n) is 3.12. The van der Waals surface area contributed by atoms with Crippen LogP contribution in [0.3, 0.4) is 0 Å². The molecule has 3 rings (SSSR count). The van der Waals surface area contributed by atoms with Crippen molar-refractivity contribution in [1.29, 1.82) is 0 Å². The number of hydrogen-bond donors (Lipinski definition) is 0. The molecular weight excluding hydrogens is 276 g/mol. The summed E-state index contributed by atoms with van der Waals surface area (Å²) in [5.41, 5.74) is 0.905. The van der Waals surface area contributed by atoms with Crippen LogP contribution in [0.25, 0.3) is 0 Å². The first-order valence-corrected chi connectivity index (χ1v) is 6.94. The lowest BCUT2D eigenvalue weighted by molar-refractivity contribution is 0.0848. The van der Waals surface area contributed by atoms with Crippen molar-refractivity contribution in [3.05, 3.63) is 47.0 Å². The van der Waals surface area contributed by atoms with E-state index in [2.05, 4.69) is 23.8 Å². The van der Waals surface area contributed by atoms with Crippen LogP contribution >= 0.6 is 11.6 Å². The second-order valence-electron chi connectivity index (χ2n) is 4.99. The predicted molar refractivity (Wildman–Crippen MR) is 76.4 cm³/mol. The molecule has 4 nitrogen and oxygen atoms in total. The minimum absolute atomic E-state index is 0.283. The highest BCUT2D eigenvalue weighted by atomic mass is 35.5. The molecule has 2 heterocycles. The van der Waals surface area contributed by atoms with Gasteiger partial charge in [0.15, 0.2) is 23.4 Å². The Morgan fingerprint density at radius 2 is 1.95 bits per heavy atom. The number of halogens is 1. The molecule has 0 saturated carbocycles. The van der Waals surface area contributed by atoms with Crippen LogP contribution in [0.4, 0.5) is 0 Å². The van der Waals surface area contributed by atoms with Crippen LogP contribution in [0.1, 0.15) is 37.4 Å². The molecule has 0 aliphatic carbocycles. The molecule has 104 valence electrons. The Kier molecular flexibility index (Phi) is 3.49. The lowest BCUT2D eigenvalue weighted by Gasteiger charge is -2.25. The van der Waals surface area contributed by atoms with E-state index < -0.39 is 0 Å². The summed E-state index contributed by atoms with van der Waals surface area (Å²) in [6, 6.07) is 9.35. The van der Waals surface area contributed by atoms with E-state index in [0.29, 0.717) is 23.3 Å². The molecule has 0 saturated heterocycles. The van der Waals surface area contributed by atoms with Crippen molar-refractivity contribution in [2.45, 2.75) is 25.9 Å². The van der Waals surface area contributed by atoms with Gasteiger partial charge in [0.05, 0.1) is 0 Å². The lowest BCUT2D eigenvalue weighted by Crippen LogP contribution is -2.24. The minimum Gasteiger partial charge on any atom is -0.485 e. The predicted octanol–water partition coefficient (Wildman–Crippen LogP) is 3.77. The molecule has 1 atom stereocenters. The van der Waals surface area contributed by atoms with Gasteiger partial charge in [-0.2, -0.15) is 0 Å². The summed E-state index contributed by atoms with van der Waals surface area (Å²) < 4.78 is 11.6. The summed E-state index contributed by atoms with van der Waals surface area (Å²) in [4.78, 5) is 8.79. The highest BCUT2D eigenvalue weighted by Crippen LogP contribution is 2.35. The Labute approximate surface area is 122 Å². The highest BCUT2D eigenvalue weighted by molar-refractivity contribution is 6.29. The summed E-state index contributed by atoms with van der Waals surface area (Å²) in [5, 5.41) is 0.432. The Bertz CT molecular complexity index is 631. The standard InChI is InChI=1S/C15H15ClN2O2/c1-9(2)10-7-14(16)18-15(17-10)13-8-19-11-5-3-4-6-12(11)20-13/h3-7,9,13H,8H2,1-2H3. The van der Waals surface area contributed by atoms with Gasteiger partial charge in [0.1, 0.15) is 11.8 Å². The van der Waals surface area contributed by atoms with Crippen molar-refractivity contribution in [1.82, 2.24) is 9.97 Å². The molecule has 0 N–H and O–H groups in total. The Morgan fingerprint density at radius 1 is 1.20 bits per heavy atom. The van der Waals surface area contributed by atoms with E-state index in [9.17, 15) is 0 Å². The summed E-state index contributed by atoms with van der Waals surface area (Å²) in [7, 11) is 0. The van der Waals surface area contributed by atoms with Crippen LogP contribution in [-0.2, 0) is 0 Å². The van der Waals surface area contributed by atoms with Crippen molar-refractivity contribution in [3.8, 4) is 11.5 Å². The molecule has 1 aliphatic heterocycles. The quantitative estimate of drug-likeness (QED) is 0.790. The zero-order valence-electron chi connectivity index (χ0n) is 11.3. The van der Waals surface area contributed by atoms with Crippen LogP contribution in [-0.4, -0.2) is 16.6 Å². The Morgan fingerprint density at radius 3 is 2.70 bits per heavy atom. The maximum Gasteiger partial charge on any atom is 0.192 e. The highest BCUT2D eigenvalue weighted by Gasteiger charge is 2.25. The molecular formula is C15H15ClN2O2. The average molecular weight is 291 g/mol. The van der Waals surface area contributed by atoms with Gasteiger partial charge in [-0.05, 0) is 24.1 Å². The molecule has 0 radical (unpaired) electrons. The molecule has 20 heavy (non-hydrogen) atoms. The van der Waals surface area contributed by atoms with E-state index in [-0.39, 0.29) is 12.0 Å². The number of fused-ring (bicyclic) bond motifs is 1. The zero-order chi connectivity index (χ0) is 14.1. The molecule has 5 heteroatoms. The van der Waals surface area contributed by atoms with Crippen LogP contribution in [0.2, 0.25) is 5.15 Å². The third kappa shape index (κ3) is 2.56. The van der Waals surface area contributed by atoms with Gasteiger partial charge in [0.2, 0.25) is 0 Å². The fourth-order valence-corrected chi connectivity index (χ4v) is 2.24. The topological polar surface area (TPSA) is 44.2 Å². The van der Waals surface area contributed by atoms with Crippen LogP contribution < -0.4 is 9.47 Å². The van der Waals surface area contributed by atoms with Crippen molar-refractivity contribution >= 4 is 11.6 Å². The van der Waals surface area contributed by atoms with Gasteiger partial charge < -0.3 is 9.47 Å². The molecule has 1 aromatic carbocycles. The molecule has 2 aromatic rings.